The van der Waals surface area contributed by atoms with E-state index in [4.69, 9.17) is 14.0 Å². The van der Waals surface area contributed by atoms with Crippen LogP contribution in [0.2, 0.25) is 0 Å². The number of ether oxygens (including phenoxy) is 1. The number of aliphatic carboxylic acids is 1. The molecule has 2 amide bonds. The van der Waals surface area contributed by atoms with Crippen LogP contribution in [0.5, 0.6) is 0 Å². The SMILES string of the molecule is C[C@@H](NC(=O)OC(C)(C)C)C(=O)N1CCN(c2ncc(B3OC(C)(C)C(C)(C)O3)cn2)[C@H](C(=O)O)C1. The number of carboxylic acid groups (broad SMARTS) is 1. The maximum absolute atomic E-state index is 12.9. The molecular weight excluding hydrogens is 469 g/mol. The first-order valence-corrected chi connectivity index (χ1v) is 12.0. The molecule has 0 spiro atoms. The predicted octanol–water partition coefficient (Wildman–Crippen LogP) is 0.791. The number of rotatable bonds is 5. The lowest BCUT2D eigenvalue weighted by Crippen LogP contribution is -2.61. The smallest absolute Gasteiger partial charge is 0.480 e. The number of alkyl carbamates (subject to hydrolysis) is 1. The van der Waals surface area contributed by atoms with Crippen LogP contribution in [0.1, 0.15) is 55.4 Å². The van der Waals surface area contributed by atoms with Crippen molar-refractivity contribution in [2.24, 2.45) is 0 Å². The molecular formula is C23H36BN5O7. The van der Waals surface area contributed by atoms with Gasteiger partial charge in [0.1, 0.15) is 17.7 Å². The van der Waals surface area contributed by atoms with Gasteiger partial charge in [-0.2, -0.15) is 0 Å². The van der Waals surface area contributed by atoms with E-state index in [1.54, 1.807) is 38.1 Å². The number of carboxylic acids is 1. The topological polar surface area (TPSA) is 143 Å². The minimum absolute atomic E-state index is 0.0865. The van der Waals surface area contributed by atoms with Crippen molar-refractivity contribution in [3.8, 4) is 0 Å². The van der Waals surface area contributed by atoms with Gasteiger partial charge in [0.25, 0.3) is 0 Å². The maximum Gasteiger partial charge on any atom is 0.498 e. The quantitative estimate of drug-likeness (QED) is 0.552. The number of piperazine rings is 1. The lowest BCUT2D eigenvalue weighted by molar-refractivity contribution is -0.142. The van der Waals surface area contributed by atoms with Crippen LogP contribution in [-0.2, 0) is 23.6 Å². The van der Waals surface area contributed by atoms with Crippen LogP contribution in [0.3, 0.4) is 0 Å². The third-order valence-corrected chi connectivity index (χ3v) is 6.52. The molecule has 0 aliphatic carbocycles. The van der Waals surface area contributed by atoms with Crippen molar-refractivity contribution in [2.45, 2.75) is 84.3 Å². The van der Waals surface area contributed by atoms with Gasteiger partial charge in [0, 0.05) is 30.9 Å². The second-order valence-corrected chi connectivity index (χ2v) is 11.1. The lowest BCUT2D eigenvalue weighted by atomic mass is 9.81. The Morgan fingerprint density at radius 3 is 2.19 bits per heavy atom. The van der Waals surface area contributed by atoms with Crippen molar-refractivity contribution in [3.05, 3.63) is 12.4 Å². The normalized spacial score (nSPS) is 22.2. The summed E-state index contributed by atoms with van der Waals surface area (Å²) in [4.78, 5) is 48.7. The molecule has 198 valence electrons. The maximum atomic E-state index is 12.9. The molecule has 3 rings (SSSR count). The highest BCUT2D eigenvalue weighted by Gasteiger charge is 2.52. The van der Waals surface area contributed by atoms with Gasteiger partial charge in [-0.25, -0.2) is 19.6 Å². The summed E-state index contributed by atoms with van der Waals surface area (Å²) in [6, 6.07) is -1.93. The van der Waals surface area contributed by atoms with Crippen molar-refractivity contribution in [1.29, 1.82) is 0 Å². The minimum Gasteiger partial charge on any atom is -0.480 e. The average molecular weight is 505 g/mol. The Kier molecular flexibility index (Phi) is 7.57. The van der Waals surface area contributed by atoms with Crippen LogP contribution in [0.15, 0.2) is 12.4 Å². The van der Waals surface area contributed by atoms with E-state index in [1.807, 2.05) is 27.7 Å². The van der Waals surface area contributed by atoms with E-state index in [9.17, 15) is 19.5 Å². The molecule has 1 aromatic rings. The van der Waals surface area contributed by atoms with Gasteiger partial charge in [-0.15, -0.1) is 0 Å². The fourth-order valence-corrected chi connectivity index (χ4v) is 3.83. The van der Waals surface area contributed by atoms with Crippen molar-refractivity contribution in [2.75, 3.05) is 24.5 Å². The van der Waals surface area contributed by atoms with Crippen LogP contribution in [-0.4, -0.2) is 93.6 Å². The van der Waals surface area contributed by atoms with E-state index in [2.05, 4.69) is 15.3 Å². The summed E-state index contributed by atoms with van der Waals surface area (Å²) in [6.07, 6.45) is 2.41. The molecule has 2 saturated heterocycles. The first-order chi connectivity index (χ1) is 16.5. The largest absolute Gasteiger partial charge is 0.498 e. The molecule has 0 unspecified atom stereocenters. The fraction of sp³-hybridized carbons (Fsp3) is 0.696. The van der Waals surface area contributed by atoms with Gasteiger partial charge >= 0.3 is 19.2 Å². The summed E-state index contributed by atoms with van der Waals surface area (Å²) in [7, 11) is -0.632. The zero-order chi connectivity index (χ0) is 27.1. The van der Waals surface area contributed by atoms with Crippen LogP contribution >= 0.6 is 0 Å². The Bertz CT molecular complexity index is 980. The van der Waals surface area contributed by atoms with Crippen molar-refractivity contribution in [1.82, 2.24) is 20.2 Å². The van der Waals surface area contributed by atoms with Crippen molar-refractivity contribution >= 4 is 36.5 Å². The van der Waals surface area contributed by atoms with Gasteiger partial charge in [-0.3, -0.25) is 4.79 Å². The number of aromatic nitrogens is 2. The molecule has 0 aromatic carbocycles. The summed E-state index contributed by atoms with van der Waals surface area (Å²) in [5, 5.41) is 12.4. The molecule has 1 aromatic heterocycles. The first-order valence-electron chi connectivity index (χ1n) is 12.0. The van der Waals surface area contributed by atoms with Crippen LogP contribution in [0.4, 0.5) is 10.7 Å². The van der Waals surface area contributed by atoms with E-state index in [0.29, 0.717) is 5.46 Å². The Labute approximate surface area is 211 Å². The number of carbonyl (C=O) groups is 3. The van der Waals surface area contributed by atoms with Gasteiger partial charge in [-0.1, -0.05) is 0 Å². The number of carbonyl (C=O) groups excluding carboxylic acids is 2. The van der Waals surface area contributed by atoms with Crippen molar-refractivity contribution < 1.29 is 33.5 Å². The van der Waals surface area contributed by atoms with Gasteiger partial charge < -0.3 is 34.3 Å². The highest BCUT2D eigenvalue weighted by molar-refractivity contribution is 6.61. The Hall–Kier alpha value is -2.93. The van der Waals surface area contributed by atoms with Gasteiger partial charge in [0.05, 0.1) is 17.7 Å². The molecule has 2 N–H and O–H groups in total. The van der Waals surface area contributed by atoms with E-state index in [0.717, 1.165) is 0 Å². The Morgan fingerprint density at radius 1 is 1.14 bits per heavy atom. The fourth-order valence-electron chi connectivity index (χ4n) is 3.83. The zero-order valence-corrected chi connectivity index (χ0v) is 22.2. The van der Waals surface area contributed by atoms with Crippen LogP contribution in [0.25, 0.3) is 0 Å². The monoisotopic (exact) mass is 505 g/mol. The Morgan fingerprint density at radius 2 is 1.69 bits per heavy atom. The average Bonchev–Trinajstić information content (AvgIpc) is 2.98. The second kappa shape index (κ2) is 9.85. The summed E-state index contributed by atoms with van der Waals surface area (Å²) in [5.41, 5.74) is -1.10. The molecule has 3 heterocycles. The molecule has 0 radical (unpaired) electrons. The molecule has 2 aliphatic rings. The zero-order valence-electron chi connectivity index (χ0n) is 22.2. The number of anilines is 1. The molecule has 36 heavy (non-hydrogen) atoms. The molecule has 0 bridgehead atoms. The van der Waals surface area contributed by atoms with E-state index >= 15 is 0 Å². The highest BCUT2D eigenvalue weighted by atomic mass is 16.7. The van der Waals surface area contributed by atoms with Crippen LogP contribution < -0.4 is 15.7 Å². The molecule has 12 nitrogen and oxygen atoms in total. The molecule has 2 aliphatic heterocycles. The molecule has 13 heteroatoms. The standard InChI is InChI=1S/C23H36BN5O7/c1-14(27-20(33)34-21(2,3)4)17(30)28-9-10-29(16(13-28)18(31)32)19-25-11-15(12-26-19)24-35-22(5,6)23(7,8)36-24/h11-12,14,16H,9-10,13H2,1-8H3,(H,27,33)(H,31,32)/t14-,16+/m1/s1. The number of amides is 2. The van der Waals surface area contributed by atoms with Crippen LogP contribution in [0, 0.1) is 0 Å². The first kappa shape index (κ1) is 27.7. The van der Waals surface area contributed by atoms with E-state index in [1.165, 1.54) is 11.8 Å². The summed E-state index contributed by atoms with van der Waals surface area (Å²) in [6.45, 7) is 14.9. The minimum atomic E-state index is -1.11. The molecule has 2 atom stereocenters. The van der Waals surface area contributed by atoms with Gasteiger partial charge in [0.2, 0.25) is 11.9 Å². The highest BCUT2D eigenvalue weighted by Crippen LogP contribution is 2.36. The third kappa shape index (κ3) is 6.07. The van der Waals surface area contributed by atoms with E-state index in [-0.39, 0.29) is 25.6 Å². The predicted molar refractivity (Wildman–Crippen MR) is 132 cm³/mol. The van der Waals surface area contributed by atoms with Gasteiger partial charge in [-0.05, 0) is 55.4 Å². The number of hydrogen-bond acceptors (Lipinski definition) is 9. The van der Waals surface area contributed by atoms with E-state index < -0.39 is 54.0 Å². The van der Waals surface area contributed by atoms with Crippen molar-refractivity contribution in [3.63, 3.8) is 0 Å². The summed E-state index contributed by atoms with van der Waals surface area (Å²) >= 11 is 0. The summed E-state index contributed by atoms with van der Waals surface area (Å²) in [5.74, 6) is -1.28. The number of nitrogens with zero attached hydrogens (tertiary/aromatic N) is 4. The molecule has 0 saturated carbocycles. The number of nitrogens with one attached hydrogen (secondary N) is 1. The second-order valence-electron chi connectivity index (χ2n) is 11.1. The molecule has 2 fully saturated rings. The van der Waals surface area contributed by atoms with Gasteiger partial charge in [0.15, 0.2) is 0 Å². The number of hydrogen-bond donors (Lipinski definition) is 2. The Balaban J connectivity index is 1.66. The third-order valence-electron chi connectivity index (χ3n) is 6.52. The summed E-state index contributed by atoms with van der Waals surface area (Å²) < 4.78 is 17.2. The lowest BCUT2D eigenvalue weighted by Gasteiger charge is -2.40.